The summed E-state index contributed by atoms with van der Waals surface area (Å²) < 4.78 is 55.3. The molecule has 10 heteroatoms. The Labute approximate surface area is 156 Å². The van der Waals surface area contributed by atoms with Crippen LogP contribution in [-0.4, -0.2) is 33.0 Å². The number of ether oxygens (including phenoxy) is 1. The molecular weight excluding hydrogens is 469 g/mol. The Kier molecular flexibility index (Phi) is 6.50. The van der Waals surface area contributed by atoms with E-state index in [2.05, 4.69) is 24.6 Å². The fraction of sp³-hybridized carbons (Fsp3) is 0.500. The van der Waals surface area contributed by atoms with Gasteiger partial charge >= 0.3 is 0 Å². The molecule has 0 fully saturated rings. The van der Waals surface area contributed by atoms with E-state index in [1.54, 1.807) is 22.6 Å². The van der Waals surface area contributed by atoms with Gasteiger partial charge in [0.2, 0.25) is 0 Å². The zero-order chi connectivity index (χ0) is 18.1. The van der Waals surface area contributed by atoms with Gasteiger partial charge in [-0.1, -0.05) is 19.6 Å². The fourth-order valence-electron chi connectivity index (χ4n) is 2.11. The van der Waals surface area contributed by atoms with Gasteiger partial charge in [-0.3, -0.25) is 0 Å². The largest absolute Gasteiger partial charge is 0.361 e. The second kappa shape index (κ2) is 7.85. The minimum atomic E-state index is -2.14. The third-order valence-corrected chi connectivity index (χ3v) is 6.63. The van der Waals surface area contributed by atoms with Crippen LogP contribution in [0, 0.1) is 15.2 Å². The highest BCUT2D eigenvalue weighted by atomic mass is 127. The summed E-state index contributed by atoms with van der Waals surface area (Å²) in [6.07, 6.45) is 0. The maximum absolute atomic E-state index is 14.2. The van der Waals surface area contributed by atoms with Crippen LogP contribution in [0.5, 0.6) is 0 Å². The number of imidazole rings is 1. The lowest BCUT2D eigenvalue weighted by atomic mass is 10.3. The van der Waals surface area contributed by atoms with E-state index in [4.69, 9.17) is 9.29 Å². The summed E-state index contributed by atoms with van der Waals surface area (Å²) in [6.45, 7) is 7.21. The standard InChI is InChI=1S/C14H19F2IN2O3SSi/c1-24(2,3)5-4-22-8-19-10-6-9(15)13(17)12(16)14(10)18-11(19)7-23(20)21/h6H,4-5,7-8H2,1-3H3,(H,20,21). The van der Waals surface area contributed by atoms with Gasteiger partial charge in [0, 0.05) is 20.7 Å². The first-order valence-electron chi connectivity index (χ1n) is 7.28. The molecule has 1 N–H and O–H groups in total. The van der Waals surface area contributed by atoms with Gasteiger partial charge in [-0.2, -0.15) is 0 Å². The number of halogens is 3. The summed E-state index contributed by atoms with van der Waals surface area (Å²) in [6, 6.07) is 2.13. The molecule has 1 unspecified atom stereocenters. The minimum Gasteiger partial charge on any atom is -0.361 e. The zero-order valence-electron chi connectivity index (χ0n) is 13.6. The maximum Gasteiger partial charge on any atom is 0.167 e. The number of rotatable bonds is 7. The molecule has 1 aromatic carbocycles. The number of aromatic nitrogens is 2. The average Bonchev–Trinajstić information content (AvgIpc) is 2.77. The first-order valence-corrected chi connectivity index (χ1v) is 13.3. The van der Waals surface area contributed by atoms with Crippen molar-refractivity contribution in [2.75, 3.05) is 6.61 Å². The number of hydrogen-bond donors (Lipinski definition) is 1. The van der Waals surface area contributed by atoms with E-state index in [-0.39, 0.29) is 32.9 Å². The summed E-state index contributed by atoms with van der Waals surface area (Å²) in [4.78, 5) is 4.07. The van der Waals surface area contributed by atoms with Crippen LogP contribution in [0.25, 0.3) is 11.0 Å². The van der Waals surface area contributed by atoms with Crippen LogP contribution in [0.4, 0.5) is 8.78 Å². The van der Waals surface area contributed by atoms with Gasteiger partial charge in [0.05, 0.1) is 9.09 Å². The van der Waals surface area contributed by atoms with E-state index in [1.165, 1.54) is 10.6 Å². The highest BCUT2D eigenvalue weighted by molar-refractivity contribution is 14.1. The summed E-state index contributed by atoms with van der Waals surface area (Å²) in [7, 11) is -1.26. The molecule has 0 saturated heterocycles. The Bertz CT molecular complexity index is 780. The number of fused-ring (bicyclic) bond motifs is 1. The molecule has 2 rings (SSSR count). The molecular formula is C14H19F2IN2O3SSi. The molecule has 0 aliphatic heterocycles. The van der Waals surface area contributed by atoms with Gasteiger partial charge in [-0.25, -0.2) is 18.0 Å². The Morgan fingerprint density at radius 1 is 1.42 bits per heavy atom. The van der Waals surface area contributed by atoms with Crippen LogP contribution in [0.2, 0.25) is 25.7 Å². The molecule has 0 radical (unpaired) electrons. The average molecular weight is 488 g/mol. The summed E-state index contributed by atoms with van der Waals surface area (Å²) in [5.41, 5.74) is 0.203. The minimum absolute atomic E-state index is 0.0185. The number of hydrogen-bond acceptors (Lipinski definition) is 3. The van der Waals surface area contributed by atoms with Crippen LogP contribution in [0.3, 0.4) is 0 Å². The molecule has 134 valence electrons. The molecule has 0 aliphatic rings. The molecule has 24 heavy (non-hydrogen) atoms. The Hall–Kier alpha value is -0.433. The molecule has 0 aliphatic carbocycles. The molecule has 0 amide bonds. The van der Waals surface area contributed by atoms with E-state index in [9.17, 15) is 13.0 Å². The molecule has 0 saturated carbocycles. The third kappa shape index (κ3) is 4.81. The second-order valence-corrected chi connectivity index (χ2v) is 14.3. The van der Waals surface area contributed by atoms with Gasteiger partial charge < -0.3 is 13.9 Å². The van der Waals surface area contributed by atoms with E-state index >= 15 is 0 Å². The van der Waals surface area contributed by atoms with Crippen LogP contribution in [0.1, 0.15) is 5.82 Å². The quantitative estimate of drug-likeness (QED) is 0.211. The lowest BCUT2D eigenvalue weighted by Crippen LogP contribution is -2.22. The first-order chi connectivity index (χ1) is 11.1. The Balaban J connectivity index is 2.35. The molecule has 1 atom stereocenters. The maximum atomic E-state index is 14.2. The molecule has 0 spiro atoms. The smallest absolute Gasteiger partial charge is 0.167 e. The van der Waals surface area contributed by atoms with Crippen LogP contribution in [-0.2, 0) is 28.3 Å². The van der Waals surface area contributed by atoms with Crippen molar-refractivity contribution in [3.05, 3.63) is 27.1 Å². The lowest BCUT2D eigenvalue weighted by Gasteiger charge is -2.16. The van der Waals surface area contributed by atoms with Gasteiger partial charge in [0.1, 0.15) is 29.6 Å². The first kappa shape index (κ1) is 19.9. The van der Waals surface area contributed by atoms with Crippen molar-refractivity contribution in [1.82, 2.24) is 9.55 Å². The Morgan fingerprint density at radius 3 is 2.67 bits per heavy atom. The molecule has 1 aromatic heterocycles. The highest BCUT2D eigenvalue weighted by Crippen LogP contribution is 2.26. The van der Waals surface area contributed by atoms with Crippen LogP contribution in [0.15, 0.2) is 6.07 Å². The summed E-state index contributed by atoms with van der Waals surface area (Å²) in [5, 5.41) is 0. The molecule has 0 bridgehead atoms. The fourth-order valence-corrected chi connectivity index (χ4v) is 3.72. The van der Waals surface area contributed by atoms with Gasteiger partial charge in [0.15, 0.2) is 16.9 Å². The van der Waals surface area contributed by atoms with E-state index < -0.39 is 30.8 Å². The van der Waals surface area contributed by atoms with Gasteiger partial charge in [-0.05, 0) is 28.6 Å². The monoisotopic (exact) mass is 488 g/mol. The highest BCUT2D eigenvalue weighted by Gasteiger charge is 2.20. The van der Waals surface area contributed by atoms with E-state index in [0.29, 0.717) is 6.61 Å². The van der Waals surface area contributed by atoms with Gasteiger partial charge in [-0.15, -0.1) is 0 Å². The van der Waals surface area contributed by atoms with Crippen molar-refractivity contribution < 1.29 is 22.3 Å². The van der Waals surface area contributed by atoms with Crippen molar-refractivity contribution in [3.63, 3.8) is 0 Å². The number of nitrogens with zero attached hydrogens (tertiary/aromatic N) is 2. The van der Waals surface area contributed by atoms with Crippen molar-refractivity contribution in [1.29, 1.82) is 0 Å². The lowest BCUT2D eigenvalue weighted by molar-refractivity contribution is 0.0883. The van der Waals surface area contributed by atoms with Crippen molar-refractivity contribution in [2.24, 2.45) is 0 Å². The SMILES string of the molecule is C[Si](C)(C)CCOCn1c(CS(=O)O)nc2c(F)c(I)c(F)cc21. The van der Waals surface area contributed by atoms with Crippen molar-refractivity contribution >= 4 is 52.8 Å². The molecule has 1 heterocycles. The Morgan fingerprint density at radius 2 is 2.08 bits per heavy atom. The topological polar surface area (TPSA) is 64.3 Å². The van der Waals surface area contributed by atoms with Crippen molar-refractivity contribution in [2.45, 2.75) is 38.2 Å². The third-order valence-electron chi connectivity index (χ3n) is 3.43. The second-order valence-electron chi connectivity index (χ2n) is 6.62. The predicted molar refractivity (Wildman–Crippen MR) is 101 cm³/mol. The van der Waals surface area contributed by atoms with E-state index in [1.807, 2.05) is 0 Å². The molecule has 2 aromatic rings. The predicted octanol–water partition coefficient (Wildman–Crippen LogP) is 3.95. The van der Waals surface area contributed by atoms with Gasteiger partial charge in [0.25, 0.3) is 0 Å². The summed E-state index contributed by atoms with van der Waals surface area (Å²) >= 11 is -0.571. The normalized spacial score (nSPS) is 13.6. The van der Waals surface area contributed by atoms with Crippen LogP contribution < -0.4 is 0 Å². The van der Waals surface area contributed by atoms with E-state index in [0.717, 1.165) is 6.04 Å². The number of benzene rings is 1. The van der Waals surface area contributed by atoms with Crippen LogP contribution >= 0.6 is 22.6 Å². The zero-order valence-corrected chi connectivity index (χ0v) is 17.6. The molecule has 5 nitrogen and oxygen atoms in total. The summed E-state index contributed by atoms with van der Waals surface area (Å²) in [5.74, 6) is -1.54. The van der Waals surface area contributed by atoms with Crippen molar-refractivity contribution in [3.8, 4) is 0 Å².